The van der Waals surface area contributed by atoms with E-state index in [-0.39, 0.29) is 5.54 Å². The Morgan fingerprint density at radius 1 is 1.40 bits per heavy atom. The number of halogens is 1. The van der Waals surface area contributed by atoms with Gasteiger partial charge >= 0.3 is 0 Å². The molecule has 1 aromatic carbocycles. The Morgan fingerprint density at radius 2 is 2.20 bits per heavy atom. The third-order valence-corrected chi connectivity index (χ3v) is 3.84. The van der Waals surface area contributed by atoms with Gasteiger partial charge in [-0.25, -0.2) is 0 Å². The van der Waals surface area contributed by atoms with Crippen LogP contribution in [0, 0.1) is 0 Å². The Bertz CT molecular complexity index is 511. The van der Waals surface area contributed by atoms with E-state index in [1.165, 1.54) is 16.5 Å². The van der Waals surface area contributed by atoms with Gasteiger partial charge in [0.1, 0.15) is 0 Å². The van der Waals surface area contributed by atoms with Crippen LogP contribution in [-0.4, -0.2) is 10.5 Å². The maximum atomic E-state index is 6.15. The molecule has 15 heavy (non-hydrogen) atoms. The number of benzene rings is 1. The molecule has 0 unspecified atom stereocenters. The SMILES string of the molecule is NC1(Cc2cccc3c(Br)c[nH]c23)CC1. The molecule has 0 bridgehead atoms. The zero-order valence-corrected chi connectivity index (χ0v) is 9.97. The van der Waals surface area contributed by atoms with E-state index in [9.17, 15) is 0 Å². The zero-order valence-electron chi connectivity index (χ0n) is 8.39. The molecule has 0 aliphatic heterocycles. The summed E-state index contributed by atoms with van der Waals surface area (Å²) in [6.45, 7) is 0. The highest BCUT2D eigenvalue weighted by Gasteiger charge is 2.38. The predicted molar refractivity (Wildman–Crippen MR) is 65.9 cm³/mol. The average molecular weight is 265 g/mol. The number of hydrogen-bond donors (Lipinski definition) is 2. The van der Waals surface area contributed by atoms with Crippen LogP contribution in [0.5, 0.6) is 0 Å². The van der Waals surface area contributed by atoms with E-state index < -0.39 is 0 Å². The third-order valence-electron chi connectivity index (χ3n) is 3.19. The van der Waals surface area contributed by atoms with Crippen LogP contribution in [0.25, 0.3) is 10.9 Å². The van der Waals surface area contributed by atoms with Gasteiger partial charge in [0, 0.05) is 27.1 Å². The lowest BCUT2D eigenvalue weighted by molar-refractivity contribution is 0.674. The molecule has 3 N–H and O–H groups in total. The fraction of sp³-hybridized carbons (Fsp3) is 0.333. The van der Waals surface area contributed by atoms with Gasteiger partial charge in [0.05, 0.1) is 0 Å². The van der Waals surface area contributed by atoms with Gasteiger partial charge in [-0.1, -0.05) is 18.2 Å². The summed E-state index contributed by atoms with van der Waals surface area (Å²) in [7, 11) is 0. The first-order valence-electron chi connectivity index (χ1n) is 5.21. The lowest BCUT2D eigenvalue weighted by Gasteiger charge is -2.09. The molecule has 3 heteroatoms. The molecule has 1 saturated carbocycles. The second-order valence-corrected chi connectivity index (χ2v) is 5.37. The molecule has 2 nitrogen and oxygen atoms in total. The molecule has 1 fully saturated rings. The fourth-order valence-electron chi connectivity index (χ4n) is 2.05. The van der Waals surface area contributed by atoms with Crippen LogP contribution in [0.2, 0.25) is 0 Å². The van der Waals surface area contributed by atoms with Crippen molar-refractivity contribution in [2.45, 2.75) is 24.8 Å². The zero-order chi connectivity index (χ0) is 10.5. The highest BCUT2D eigenvalue weighted by Crippen LogP contribution is 2.37. The third kappa shape index (κ3) is 1.60. The number of nitrogens with one attached hydrogen (secondary N) is 1. The van der Waals surface area contributed by atoms with Gasteiger partial charge in [0.15, 0.2) is 0 Å². The van der Waals surface area contributed by atoms with Crippen LogP contribution in [0.15, 0.2) is 28.9 Å². The summed E-state index contributed by atoms with van der Waals surface area (Å²) in [6, 6.07) is 6.38. The monoisotopic (exact) mass is 264 g/mol. The minimum atomic E-state index is 0.0753. The van der Waals surface area contributed by atoms with Crippen LogP contribution in [0.3, 0.4) is 0 Å². The van der Waals surface area contributed by atoms with Crippen molar-refractivity contribution >= 4 is 26.8 Å². The van der Waals surface area contributed by atoms with Crippen molar-refractivity contribution < 1.29 is 0 Å². The Labute approximate surface area is 97.0 Å². The van der Waals surface area contributed by atoms with E-state index >= 15 is 0 Å². The summed E-state index contributed by atoms with van der Waals surface area (Å²) < 4.78 is 1.13. The number of H-pyrrole nitrogens is 1. The molecule has 1 aliphatic rings. The molecule has 78 valence electrons. The van der Waals surface area contributed by atoms with Gasteiger partial charge in [0.2, 0.25) is 0 Å². The van der Waals surface area contributed by atoms with Crippen molar-refractivity contribution in [2.75, 3.05) is 0 Å². The van der Waals surface area contributed by atoms with Crippen molar-refractivity contribution in [1.29, 1.82) is 0 Å². The standard InChI is InChI=1S/C12H13BrN2/c13-10-7-15-11-8(2-1-3-9(10)11)6-12(14)4-5-12/h1-3,7,15H,4-6,14H2. The second kappa shape index (κ2) is 3.09. The van der Waals surface area contributed by atoms with Crippen LogP contribution >= 0.6 is 15.9 Å². The van der Waals surface area contributed by atoms with Crippen molar-refractivity contribution in [2.24, 2.45) is 5.73 Å². The van der Waals surface area contributed by atoms with Crippen molar-refractivity contribution in [3.05, 3.63) is 34.4 Å². The number of nitrogens with two attached hydrogens (primary N) is 1. The lowest BCUT2D eigenvalue weighted by atomic mass is 10.0. The van der Waals surface area contributed by atoms with Gasteiger partial charge in [-0.3, -0.25) is 0 Å². The van der Waals surface area contributed by atoms with Crippen molar-refractivity contribution in [3.63, 3.8) is 0 Å². The van der Waals surface area contributed by atoms with E-state index in [0.29, 0.717) is 0 Å². The van der Waals surface area contributed by atoms with E-state index in [1.807, 2.05) is 6.20 Å². The maximum Gasteiger partial charge on any atom is 0.0498 e. The first-order chi connectivity index (χ1) is 7.18. The Kier molecular flexibility index (Phi) is 1.94. The Morgan fingerprint density at radius 3 is 2.93 bits per heavy atom. The summed E-state index contributed by atoms with van der Waals surface area (Å²) in [5, 5.41) is 1.25. The molecular formula is C12H13BrN2. The van der Waals surface area contributed by atoms with E-state index in [1.54, 1.807) is 0 Å². The van der Waals surface area contributed by atoms with Gasteiger partial charge in [-0.2, -0.15) is 0 Å². The van der Waals surface area contributed by atoms with Gasteiger partial charge in [-0.05, 0) is 40.8 Å². The molecule has 2 aromatic rings. The normalized spacial score (nSPS) is 18.3. The van der Waals surface area contributed by atoms with Crippen LogP contribution in [0.4, 0.5) is 0 Å². The number of para-hydroxylation sites is 1. The van der Waals surface area contributed by atoms with Crippen LogP contribution in [-0.2, 0) is 6.42 Å². The highest BCUT2D eigenvalue weighted by molar-refractivity contribution is 9.10. The number of aromatic amines is 1. The number of hydrogen-bond acceptors (Lipinski definition) is 1. The van der Waals surface area contributed by atoms with E-state index in [0.717, 1.165) is 23.7 Å². The number of rotatable bonds is 2. The smallest absolute Gasteiger partial charge is 0.0498 e. The van der Waals surface area contributed by atoms with E-state index in [2.05, 4.69) is 39.1 Å². The number of aromatic nitrogens is 1. The topological polar surface area (TPSA) is 41.8 Å². The van der Waals surface area contributed by atoms with Crippen molar-refractivity contribution in [1.82, 2.24) is 4.98 Å². The summed E-state index contributed by atoms with van der Waals surface area (Å²) in [4.78, 5) is 3.30. The molecular weight excluding hydrogens is 252 g/mol. The minimum Gasteiger partial charge on any atom is -0.360 e. The molecule has 3 rings (SSSR count). The molecule has 0 amide bonds. The van der Waals surface area contributed by atoms with Gasteiger partial charge < -0.3 is 10.7 Å². The molecule has 0 atom stereocenters. The Balaban J connectivity index is 2.09. The molecule has 1 aliphatic carbocycles. The summed E-state index contributed by atoms with van der Waals surface area (Å²) in [5.74, 6) is 0. The maximum absolute atomic E-state index is 6.15. The molecule has 0 spiro atoms. The lowest BCUT2D eigenvalue weighted by Crippen LogP contribution is -2.24. The van der Waals surface area contributed by atoms with Crippen LogP contribution in [0.1, 0.15) is 18.4 Å². The average Bonchev–Trinajstić information content (AvgIpc) is 2.81. The first-order valence-corrected chi connectivity index (χ1v) is 6.01. The quantitative estimate of drug-likeness (QED) is 0.861. The summed E-state index contributed by atoms with van der Waals surface area (Å²) in [6.07, 6.45) is 5.29. The summed E-state index contributed by atoms with van der Waals surface area (Å²) in [5.41, 5.74) is 8.78. The van der Waals surface area contributed by atoms with Crippen molar-refractivity contribution in [3.8, 4) is 0 Å². The van der Waals surface area contributed by atoms with E-state index in [4.69, 9.17) is 5.73 Å². The number of fused-ring (bicyclic) bond motifs is 1. The largest absolute Gasteiger partial charge is 0.360 e. The molecule has 1 aromatic heterocycles. The van der Waals surface area contributed by atoms with Crippen LogP contribution < -0.4 is 5.73 Å². The first kappa shape index (κ1) is 9.43. The predicted octanol–water partition coefficient (Wildman–Crippen LogP) is 2.96. The second-order valence-electron chi connectivity index (χ2n) is 4.52. The molecule has 0 saturated heterocycles. The fourth-order valence-corrected chi connectivity index (χ4v) is 2.49. The minimum absolute atomic E-state index is 0.0753. The van der Waals surface area contributed by atoms with Gasteiger partial charge in [-0.15, -0.1) is 0 Å². The van der Waals surface area contributed by atoms with Gasteiger partial charge in [0.25, 0.3) is 0 Å². The Hall–Kier alpha value is -0.800. The highest BCUT2D eigenvalue weighted by atomic mass is 79.9. The molecule has 0 radical (unpaired) electrons. The summed E-state index contributed by atoms with van der Waals surface area (Å²) >= 11 is 3.53. The molecule has 1 heterocycles.